The summed E-state index contributed by atoms with van der Waals surface area (Å²) in [7, 11) is 0. The van der Waals surface area contributed by atoms with Gasteiger partial charge in [0.2, 0.25) is 0 Å². The lowest BCUT2D eigenvalue weighted by Gasteiger charge is -2.15. The minimum Gasteiger partial charge on any atom is -0.342 e. The van der Waals surface area contributed by atoms with Crippen molar-refractivity contribution in [3.8, 4) is 11.6 Å². The summed E-state index contributed by atoms with van der Waals surface area (Å²) < 4.78 is 0. The van der Waals surface area contributed by atoms with Gasteiger partial charge in [0.25, 0.3) is 5.56 Å². The Morgan fingerprint density at radius 2 is 2.25 bits per heavy atom. The third-order valence-electron chi connectivity index (χ3n) is 2.66. The van der Waals surface area contributed by atoms with Gasteiger partial charge in [-0.1, -0.05) is 0 Å². The number of H-pyrrole nitrogens is 2. The number of hydrogen-bond donors (Lipinski definition) is 3. The highest BCUT2D eigenvalue weighted by Gasteiger charge is 2.16. The molecule has 3 N–H and O–H groups in total. The molecule has 0 aliphatic carbocycles. The molecule has 6 heteroatoms. The summed E-state index contributed by atoms with van der Waals surface area (Å²) in [6, 6.07) is 0. The van der Waals surface area contributed by atoms with Crippen LogP contribution < -0.4 is 10.9 Å². The molecule has 3 heterocycles. The highest BCUT2D eigenvalue weighted by molar-refractivity contribution is 5.43. The standard InChI is InChI=1S/C10H11N5O/c16-10-6-5-11-2-1-7(6)14-9(15-10)8-12-3-4-13-8/h3-4,11H,1-2,5H2,(H,12,13)(H,14,15,16). The van der Waals surface area contributed by atoms with Crippen molar-refractivity contribution in [3.05, 3.63) is 34.0 Å². The van der Waals surface area contributed by atoms with E-state index in [1.54, 1.807) is 12.4 Å². The lowest BCUT2D eigenvalue weighted by molar-refractivity contribution is 0.621. The lowest BCUT2D eigenvalue weighted by Crippen LogP contribution is -2.31. The van der Waals surface area contributed by atoms with Crippen LogP contribution in [-0.4, -0.2) is 26.5 Å². The maximum Gasteiger partial charge on any atom is 0.255 e. The zero-order valence-electron chi connectivity index (χ0n) is 8.58. The van der Waals surface area contributed by atoms with Gasteiger partial charge in [0.1, 0.15) is 0 Å². The van der Waals surface area contributed by atoms with Gasteiger partial charge in [-0.05, 0) is 0 Å². The SMILES string of the molecule is O=c1[nH]c(-c2ncc[nH]2)nc2c1CNCC2. The van der Waals surface area contributed by atoms with Gasteiger partial charge in [0.05, 0.1) is 11.3 Å². The Bertz CT molecular complexity index is 557. The summed E-state index contributed by atoms with van der Waals surface area (Å²) in [4.78, 5) is 26.0. The Hall–Kier alpha value is -1.95. The van der Waals surface area contributed by atoms with Crippen LogP contribution in [0.2, 0.25) is 0 Å². The average Bonchev–Trinajstić information content (AvgIpc) is 2.82. The maximum absolute atomic E-state index is 11.8. The van der Waals surface area contributed by atoms with Crippen molar-refractivity contribution in [2.24, 2.45) is 0 Å². The molecule has 0 amide bonds. The molecule has 16 heavy (non-hydrogen) atoms. The quantitative estimate of drug-likeness (QED) is 0.617. The molecule has 0 saturated carbocycles. The van der Waals surface area contributed by atoms with Crippen molar-refractivity contribution in [1.82, 2.24) is 25.3 Å². The average molecular weight is 217 g/mol. The molecule has 0 bridgehead atoms. The Balaban J connectivity index is 2.16. The van der Waals surface area contributed by atoms with Crippen molar-refractivity contribution in [2.75, 3.05) is 6.54 Å². The Morgan fingerprint density at radius 3 is 3.06 bits per heavy atom. The van der Waals surface area contributed by atoms with E-state index < -0.39 is 0 Å². The van der Waals surface area contributed by atoms with E-state index in [4.69, 9.17) is 0 Å². The monoisotopic (exact) mass is 217 g/mol. The number of nitrogens with zero attached hydrogens (tertiary/aromatic N) is 2. The molecule has 2 aromatic heterocycles. The van der Waals surface area contributed by atoms with Gasteiger partial charge in [0, 0.05) is 31.9 Å². The van der Waals surface area contributed by atoms with E-state index >= 15 is 0 Å². The first-order valence-electron chi connectivity index (χ1n) is 5.17. The predicted octanol–water partition coefficient (Wildman–Crippen LogP) is -0.194. The van der Waals surface area contributed by atoms with Crippen LogP contribution in [0.3, 0.4) is 0 Å². The van der Waals surface area contributed by atoms with Crippen molar-refractivity contribution >= 4 is 0 Å². The van der Waals surface area contributed by atoms with Crippen LogP contribution in [0, 0.1) is 0 Å². The molecule has 0 aromatic carbocycles. The van der Waals surface area contributed by atoms with Gasteiger partial charge in [-0.3, -0.25) is 4.79 Å². The van der Waals surface area contributed by atoms with Gasteiger partial charge < -0.3 is 15.3 Å². The van der Waals surface area contributed by atoms with E-state index in [0.717, 1.165) is 24.2 Å². The van der Waals surface area contributed by atoms with E-state index in [1.165, 1.54) is 0 Å². The van der Waals surface area contributed by atoms with Gasteiger partial charge >= 0.3 is 0 Å². The largest absolute Gasteiger partial charge is 0.342 e. The maximum atomic E-state index is 11.8. The lowest BCUT2D eigenvalue weighted by atomic mass is 10.1. The molecule has 2 aromatic rings. The number of fused-ring (bicyclic) bond motifs is 1. The summed E-state index contributed by atoms with van der Waals surface area (Å²) in [6.45, 7) is 1.46. The third kappa shape index (κ3) is 1.43. The highest BCUT2D eigenvalue weighted by Crippen LogP contribution is 2.11. The fourth-order valence-corrected chi connectivity index (χ4v) is 1.86. The molecule has 0 atom stereocenters. The topological polar surface area (TPSA) is 86.5 Å². The third-order valence-corrected chi connectivity index (χ3v) is 2.66. The summed E-state index contributed by atoms with van der Waals surface area (Å²) in [5, 5.41) is 3.15. The summed E-state index contributed by atoms with van der Waals surface area (Å²) >= 11 is 0. The normalized spacial score (nSPS) is 14.8. The number of hydrogen-bond acceptors (Lipinski definition) is 4. The molecular formula is C10H11N5O. The Morgan fingerprint density at radius 1 is 1.31 bits per heavy atom. The summed E-state index contributed by atoms with van der Waals surface area (Å²) in [6.07, 6.45) is 4.12. The zero-order valence-corrected chi connectivity index (χ0v) is 8.58. The highest BCUT2D eigenvalue weighted by atomic mass is 16.1. The predicted molar refractivity (Wildman–Crippen MR) is 57.9 cm³/mol. The van der Waals surface area contributed by atoms with Crippen molar-refractivity contribution in [2.45, 2.75) is 13.0 Å². The molecule has 0 unspecified atom stereocenters. The number of aromatic nitrogens is 4. The molecule has 6 nitrogen and oxygen atoms in total. The molecule has 0 saturated heterocycles. The molecule has 0 spiro atoms. The molecule has 1 aliphatic heterocycles. The number of imidazole rings is 1. The number of nitrogens with one attached hydrogen (secondary N) is 3. The molecular weight excluding hydrogens is 206 g/mol. The van der Waals surface area contributed by atoms with E-state index in [9.17, 15) is 4.79 Å². The molecule has 0 radical (unpaired) electrons. The second-order valence-corrected chi connectivity index (χ2v) is 3.70. The van der Waals surface area contributed by atoms with Crippen LogP contribution >= 0.6 is 0 Å². The van der Waals surface area contributed by atoms with Crippen LogP contribution in [-0.2, 0) is 13.0 Å². The van der Waals surface area contributed by atoms with E-state index in [0.29, 0.717) is 18.2 Å². The first-order valence-corrected chi connectivity index (χ1v) is 5.17. The molecule has 3 rings (SSSR count). The van der Waals surface area contributed by atoms with E-state index in [1.807, 2.05) is 0 Å². The summed E-state index contributed by atoms with van der Waals surface area (Å²) in [5.41, 5.74) is 1.53. The van der Waals surface area contributed by atoms with Crippen molar-refractivity contribution in [1.29, 1.82) is 0 Å². The van der Waals surface area contributed by atoms with Crippen LogP contribution in [0.25, 0.3) is 11.6 Å². The fourth-order valence-electron chi connectivity index (χ4n) is 1.86. The van der Waals surface area contributed by atoms with Gasteiger partial charge in [-0.15, -0.1) is 0 Å². The summed E-state index contributed by atoms with van der Waals surface area (Å²) in [5.74, 6) is 1.11. The minimum absolute atomic E-state index is 0.0800. The Labute approximate surface area is 91.2 Å². The molecule has 82 valence electrons. The molecule has 0 fully saturated rings. The second-order valence-electron chi connectivity index (χ2n) is 3.70. The minimum atomic E-state index is -0.0800. The number of aromatic amines is 2. The van der Waals surface area contributed by atoms with Crippen LogP contribution in [0.15, 0.2) is 17.2 Å². The fraction of sp³-hybridized carbons (Fsp3) is 0.300. The van der Waals surface area contributed by atoms with Gasteiger partial charge in [0.15, 0.2) is 11.6 Å². The first kappa shape index (κ1) is 9.29. The Kier molecular flexibility index (Phi) is 2.07. The zero-order chi connectivity index (χ0) is 11.0. The van der Waals surface area contributed by atoms with E-state index in [-0.39, 0.29) is 5.56 Å². The van der Waals surface area contributed by atoms with E-state index in [2.05, 4.69) is 25.3 Å². The van der Waals surface area contributed by atoms with Crippen LogP contribution in [0.4, 0.5) is 0 Å². The number of rotatable bonds is 1. The smallest absolute Gasteiger partial charge is 0.255 e. The van der Waals surface area contributed by atoms with Gasteiger partial charge in [-0.2, -0.15) is 0 Å². The first-order chi connectivity index (χ1) is 7.84. The van der Waals surface area contributed by atoms with Crippen LogP contribution in [0.5, 0.6) is 0 Å². The van der Waals surface area contributed by atoms with Gasteiger partial charge in [-0.25, -0.2) is 9.97 Å². The van der Waals surface area contributed by atoms with Crippen LogP contribution in [0.1, 0.15) is 11.3 Å². The second kappa shape index (κ2) is 3.57. The molecule has 1 aliphatic rings. The van der Waals surface area contributed by atoms with Crippen molar-refractivity contribution in [3.63, 3.8) is 0 Å². The van der Waals surface area contributed by atoms with Crippen molar-refractivity contribution < 1.29 is 0 Å².